The maximum atomic E-state index is 13.7. The van der Waals surface area contributed by atoms with Crippen molar-refractivity contribution >= 4 is 5.97 Å². The van der Waals surface area contributed by atoms with E-state index in [4.69, 9.17) is 14.2 Å². The number of hydrogen-bond acceptors (Lipinski definition) is 6. The van der Waals surface area contributed by atoms with Crippen LogP contribution in [0.15, 0.2) is 12.1 Å². The van der Waals surface area contributed by atoms with Gasteiger partial charge in [-0.1, -0.05) is 5.21 Å². The number of carbonyl (C=O) groups excluding carboxylic acids is 1. The SMILES string of the molecule is CCOC(=O)c1nnn(-c2cc(OC)c(F)cc2OC)c1C. The van der Waals surface area contributed by atoms with Crippen LogP contribution in [0.2, 0.25) is 0 Å². The zero-order valence-electron chi connectivity index (χ0n) is 12.7. The molecule has 2 aromatic rings. The summed E-state index contributed by atoms with van der Waals surface area (Å²) < 4.78 is 30.1. The van der Waals surface area contributed by atoms with Crippen molar-refractivity contribution in [3.63, 3.8) is 0 Å². The lowest BCUT2D eigenvalue weighted by Gasteiger charge is -2.12. The van der Waals surface area contributed by atoms with Crippen molar-refractivity contribution < 1.29 is 23.4 Å². The summed E-state index contributed by atoms with van der Waals surface area (Å²) in [4.78, 5) is 11.8. The Morgan fingerprint density at radius 2 is 1.95 bits per heavy atom. The van der Waals surface area contributed by atoms with E-state index in [2.05, 4.69) is 10.3 Å². The fraction of sp³-hybridized carbons (Fsp3) is 0.357. The molecule has 2 rings (SSSR count). The number of ether oxygens (including phenoxy) is 3. The number of esters is 1. The minimum atomic E-state index is -0.570. The average Bonchev–Trinajstić information content (AvgIpc) is 2.88. The van der Waals surface area contributed by atoms with Gasteiger partial charge in [0, 0.05) is 12.1 Å². The largest absolute Gasteiger partial charge is 0.494 e. The molecule has 0 aliphatic heterocycles. The van der Waals surface area contributed by atoms with E-state index in [9.17, 15) is 9.18 Å². The summed E-state index contributed by atoms with van der Waals surface area (Å²) in [5, 5.41) is 7.72. The van der Waals surface area contributed by atoms with Crippen molar-refractivity contribution in [3.8, 4) is 17.2 Å². The molecule has 0 aliphatic rings. The first kappa shape index (κ1) is 15.7. The number of hydrogen-bond donors (Lipinski definition) is 0. The predicted molar refractivity (Wildman–Crippen MR) is 75.1 cm³/mol. The van der Waals surface area contributed by atoms with Crippen LogP contribution in [0.25, 0.3) is 5.69 Å². The quantitative estimate of drug-likeness (QED) is 0.785. The second-order valence-corrected chi connectivity index (χ2v) is 4.31. The fourth-order valence-corrected chi connectivity index (χ4v) is 1.96. The molecule has 0 fully saturated rings. The first-order valence-electron chi connectivity index (χ1n) is 6.54. The second kappa shape index (κ2) is 6.42. The van der Waals surface area contributed by atoms with E-state index in [1.807, 2.05) is 0 Å². The Bertz CT molecular complexity index is 700. The molecule has 1 aromatic carbocycles. The van der Waals surface area contributed by atoms with Gasteiger partial charge in [-0.2, -0.15) is 0 Å². The predicted octanol–water partition coefficient (Wildman–Crippen LogP) is 1.91. The van der Waals surface area contributed by atoms with Crippen molar-refractivity contribution in [1.29, 1.82) is 0 Å². The molecular formula is C14H16FN3O4. The minimum Gasteiger partial charge on any atom is -0.494 e. The molecule has 0 saturated heterocycles. The third kappa shape index (κ3) is 2.72. The first-order chi connectivity index (χ1) is 10.5. The summed E-state index contributed by atoms with van der Waals surface area (Å²) in [6, 6.07) is 2.60. The summed E-state index contributed by atoms with van der Waals surface area (Å²) in [6.07, 6.45) is 0. The molecule has 0 saturated carbocycles. The molecule has 1 aromatic heterocycles. The zero-order chi connectivity index (χ0) is 16.3. The van der Waals surface area contributed by atoms with Crippen LogP contribution >= 0.6 is 0 Å². The molecule has 0 bridgehead atoms. The first-order valence-corrected chi connectivity index (χ1v) is 6.54. The van der Waals surface area contributed by atoms with E-state index in [-0.39, 0.29) is 23.8 Å². The maximum Gasteiger partial charge on any atom is 0.360 e. The molecule has 0 radical (unpaired) electrons. The van der Waals surface area contributed by atoms with Crippen molar-refractivity contribution in [1.82, 2.24) is 15.0 Å². The molecule has 0 spiro atoms. The lowest BCUT2D eigenvalue weighted by atomic mass is 10.2. The smallest absolute Gasteiger partial charge is 0.360 e. The third-order valence-electron chi connectivity index (χ3n) is 3.04. The highest BCUT2D eigenvalue weighted by molar-refractivity contribution is 5.88. The van der Waals surface area contributed by atoms with E-state index < -0.39 is 11.8 Å². The van der Waals surface area contributed by atoms with E-state index in [0.717, 1.165) is 0 Å². The number of nitrogens with zero attached hydrogens (tertiary/aromatic N) is 3. The second-order valence-electron chi connectivity index (χ2n) is 4.31. The standard InChI is InChI=1S/C14H16FN3O4/c1-5-22-14(19)13-8(2)18(17-16-13)10-7-11(20-3)9(15)6-12(10)21-4/h6-7H,5H2,1-4H3. The van der Waals surface area contributed by atoms with Crippen molar-refractivity contribution in [2.24, 2.45) is 0 Å². The summed E-state index contributed by atoms with van der Waals surface area (Å²) in [7, 11) is 2.76. The van der Waals surface area contributed by atoms with Gasteiger partial charge in [0.25, 0.3) is 0 Å². The number of halogens is 1. The van der Waals surface area contributed by atoms with Crippen LogP contribution in [-0.2, 0) is 4.74 Å². The highest BCUT2D eigenvalue weighted by Crippen LogP contribution is 2.31. The fourth-order valence-electron chi connectivity index (χ4n) is 1.96. The van der Waals surface area contributed by atoms with Gasteiger partial charge < -0.3 is 14.2 Å². The van der Waals surface area contributed by atoms with Crippen LogP contribution < -0.4 is 9.47 Å². The van der Waals surface area contributed by atoms with Crippen molar-refractivity contribution in [2.45, 2.75) is 13.8 Å². The Hall–Kier alpha value is -2.64. The topological polar surface area (TPSA) is 75.5 Å². The number of methoxy groups -OCH3 is 2. The molecule has 0 atom stereocenters. The summed E-state index contributed by atoms with van der Waals surface area (Å²) in [5.41, 5.74) is 0.943. The van der Waals surface area contributed by atoms with Crippen LogP contribution in [0.3, 0.4) is 0 Å². The zero-order valence-corrected chi connectivity index (χ0v) is 12.7. The Kier molecular flexibility index (Phi) is 4.59. The summed E-state index contributed by atoms with van der Waals surface area (Å²) in [5.74, 6) is -0.865. The Labute approximate surface area is 126 Å². The van der Waals surface area contributed by atoms with E-state index >= 15 is 0 Å². The van der Waals surface area contributed by atoms with Gasteiger partial charge in [-0.05, 0) is 13.8 Å². The Morgan fingerprint density at radius 1 is 1.27 bits per heavy atom. The summed E-state index contributed by atoms with van der Waals surface area (Å²) in [6.45, 7) is 3.59. The molecule has 7 nitrogen and oxygen atoms in total. The lowest BCUT2D eigenvalue weighted by molar-refractivity contribution is 0.0518. The molecule has 0 N–H and O–H groups in total. The van der Waals surface area contributed by atoms with Crippen molar-refractivity contribution in [3.05, 3.63) is 29.3 Å². The molecule has 118 valence electrons. The molecule has 0 unspecified atom stereocenters. The van der Waals surface area contributed by atoms with Crippen LogP contribution in [0.4, 0.5) is 4.39 Å². The van der Waals surface area contributed by atoms with Gasteiger partial charge in [0.2, 0.25) is 0 Å². The number of carbonyl (C=O) groups is 1. The van der Waals surface area contributed by atoms with E-state index in [1.54, 1.807) is 13.8 Å². The van der Waals surface area contributed by atoms with Gasteiger partial charge >= 0.3 is 5.97 Å². The third-order valence-corrected chi connectivity index (χ3v) is 3.04. The number of aromatic nitrogens is 3. The van der Waals surface area contributed by atoms with E-state index in [1.165, 1.54) is 31.0 Å². The maximum absolute atomic E-state index is 13.7. The van der Waals surface area contributed by atoms with Crippen LogP contribution in [0.1, 0.15) is 23.1 Å². The molecule has 0 aliphatic carbocycles. The molecular weight excluding hydrogens is 293 g/mol. The highest BCUT2D eigenvalue weighted by Gasteiger charge is 2.21. The molecule has 8 heteroatoms. The van der Waals surface area contributed by atoms with Crippen LogP contribution in [0, 0.1) is 12.7 Å². The van der Waals surface area contributed by atoms with Crippen molar-refractivity contribution in [2.75, 3.05) is 20.8 Å². The normalized spacial score (nSPS) is 10.4. The van der Waals surface area contributed by atoms with Gasteiger partial charge in [0.05, 0.1) is 26.5 Å². The molecule has 22 heavy (non-hydrogen) atoms. The number of rotatable bonds is 5. The number of benzene rings is 1. The Balaban J connectivity index is 2.55. The monoisotopic (exact) mass is 309 g/mol. The minimum absolute atomic E-state index is 0.0309. The van der Waals surface area contributed by atoms with Gasteiger partial charge in [0.15, 0.2) is 17.3 Å². The van der Waals surface area contributed by atoms with Gasteiger partial charge in [-0.25, -0.2) is 13.9 Å². The lowest BCUT2D eigenvalue weighted by Crippen LogP contribution is -2.08. The van der Waals surface area contributed by atoms with Crippen LogP contribution in [0.5, 0.6) is 11.5 Å². The van der Waals surface area contributed by atoms with E-state index in [0.29, 0.717) is 11.4 Å². The van der Waals surface area contributed by atoms with Gasteiger partial charge in [-0.15, -0.1) is 5.10 Å². The average molecular weight is 309 g/mol. The highest BCUT2D eigenvalue weighted by atomic mass is 19.1. The molecule has 1 heterocycles. The molecule has 0 amide bonds. The van der Waals surface area contributed by atoms with Crippen LogP contribution in [-0.4, -0.2) is 41.8 Å². The Morgan fingerprint density at radius 3 is 2.55 bits per heavy atom. The summed E-state index contributed by atoms with van der Waals surface area (Å²) >= 11 is 0. The van der Waals surface area contributed by atoms with Gasteiger partial charge in [0.1, 0.15) is 11.4 Å². The van der Waals surface area contributed by atoms with Gasteiger partial charge in [-0.3, -0.25) is 0 Å².